The molecule has 5 nitrogen and oxygen atoms in total. The number of hydrogen-bond donors (Lipinski definition) is 1. The van der Waals surface area contributed by atoms with Gasteiger partial charge in [-0.05, 0) is 84.1 Å². The Kier molecular flexibility index (Phi) is 5.49. The van der Waals surface area contributed by atoms with E-state index in [9.17, 15) is 5.11 Å². The van der Waals surface area contributed by atoms with Crippen LogP contribution in [0.5, 0.6) is 5.75 Å². The Labute approximate surface area is 284 Å². The van der Waals surface area contributed by atoms with Crippen LogP contribution in [0.25, 0.3) is 83.8 Å². The topological polar surface area (TPSA) is 55.9 Å². The zero-order valence-corrected chi connectivity index (χ0v) is 27.9. The molecule has 5 heteroatoms. The first-order valence-electron chi connectivity index (χ1n) is 16.9. The van der Waals surface area contributed by atoms with E-state index in [4.69, 9.17) is 9.97 Å². The van der Waals surface area contributed by atoms with Crippen LogP contribution in [0.1, 0.15) is 33.3 Å². The standard InChI is InChI=1S/C44H34N4O/c1-43(2)35-19-11-17-31-28-14-6-5-13-27(28)29-23-22-26(47-36-20-9-7-15-30(36)32-18-12-24-45-41(32)47)25-34(29)39-40(38(31)35)48(44(43,3)4)42(46-39)33-16-8-10-21-37(33)49/h5-25,49H,1-4H3. The van der Waals surface area contributed by atoms with Crippen molar-refractivity contribution in [1.82, 2.24) is 19.1 Å². The van der Waals surface area contributed by atoms with E-state index < -0.39 is 5.54 Å². The summed E-state index contributed by atoms with van der Waals surface area (Å²) in [6.45, 7) is 9.29. The van der Waals surface area contributed by atoms with Crippen LogP contribution in [0.3, 0.4) is 0 Å². The lowest BCUT2D eigenvalue weighted by atomic mass is 9.64. The summed E-state index contributed by atoms with van der Waals surface area (Å²) in [5.74, 6) is 0.987. The number of phenolic OH excluding ortho intramolecular Hbond substituents is 1. The van der Waals surface area contributed by atoms with Crippen molar-refractivity contribution in [2.45, 2.75) is 38.6 Å². The summed E-state index contributed by atoms with van der Waals surface area (Å²) in [4.78, 5) is 10.5. The Morgan fingerprint density at radius 3 is 2.10 bits per heavy atom. The lowest BCUT2D eigenvalue weighted by Gasteiger charge is -2.50. The predicted molar refractivity (Wildman–Crippen MR) is 199 cm³/mol. The molecule has 49 heavy (non-hydrogen) atoms. The summed E-state index contributed by atoms with van der Waals surface area (Å²) in [5, 5.41) is 13.6. The molecule has 0 bridgehead atoms. The van der Waals surface area contributed by atoms with Crippen LogP contribution < -0.4 is 0 Å². The summed E-state index contributed by atoms with van der Waals surface area (Å²) in [6, 6.07) is 42.6. The minimum Gasteiger partial charge on any atom is -0.507 e. The van der Waals surface area contributed by atoms with Gasteiger partial charge in [-0.15, -0.1) is 0 Å². The quantitative estimate of drug-likeness (QED) is 0.206. The van der Waals surface area contributed by atoms with Crippen molar-refractivity contribution in [1.29, 1.82) is 0 Å². The van der Waals surface area contributed by atoms with Gasteiger partial charge in [-0.25, -0.2) is 9.97 Å². The van der Waals surface area contributed by atoms with Crippen LogP contribution in [-0.2, 0) is 11.0 Å². The summed E-state index contributed by atoms with van der Waals surface area (Å²) >= 11 is 0. The van der Waals surface area contributed by atoms with Gasteiger partial charge in [0.05, 0.1) is 28.0 Å². The second-order valence-corrected chi connectivity index (χ2v) is 14.4. The van der Waals surface area contributed by atoms with Crippen molar-refractivity contribution in [2.75, 3.05) is 0 Å². The molecule has 0 saturated carbocycles. The van der Waals surface area contributed by atoms with Gasteiger partial charge in [0.15, 0.2) is 0 Å². The molecule has 5 aromatic carbocycles. The highest BCUT2D eigenvalue weighted by atomic mass is 16.3. The highest BCUT2D eigenvalue weighted by Crippen LogP contribution is 2.59. The number of para-hydroxylation sites is 2. The minimum atomic E-state index is -0.399. The summed E-state index contributed by atoms with van der Waals surface area (Å²) < 4.78 is 4.68. The van der Waals surface area contributed by atoms with E-state index in [-0.39, 0.29) is 11.2 Å². The predicted octanol–water partition coefficient (Wildman–Crippen LogP) is 10.8. The maximum absolute atomic E-state index is 11.3. The molecule has 8 aromatic rings. The number of rotatable bonds is 2. The molecule has 4 heterocycles. The van der Waals surface area contributed by atoms with Gasteiger partial charge < -0.3 is 9.67 Å². The molecule has 1 N–H and O–H groups in total. The zero-order valence-electron chi connectivity index (χ0n) is 27.9. The third-order valence-corrected chi connectivity index (χ3v) is 11.5. The van der Waals surface area contributed by atoms with Crippen molar-refractivity contribution in [3.63, 3.8) is 0 Å². The van der Waals surface area contributed by atoms with E-state index in [0.29, 0.717) is 0 Å². The van der Waals surface area contributed by atoms with E-state index in [0.717, 1.165) is 56.1 Å². The van der Waals surface area contributed by atoms with E-state index in [1.807, 2.05) is 30.5 Å². The molecule has 2 aliphatic rings. The Balaban J connectivity index is 1.39. The lowest BCUT2D eigenvalue weighted by molar-refractivity contribution is 0.198. The van der Waals surface area contributed by atoms with Gasteiger partial charge in [0.1, 0.15) is 17.2 Å². The molecule has 1 aliphatic heterocycles. The molecule has 0 amide bonds. The zero-order chi connectivity index (χ0) is 33.2. The van der Waals surface area contributed by atoms with Crippen molar-refractivity contribution in [3.8, 4) is 67.6 Å². The van der Waals surface area contributed by atoms with Gasteiger partial charge in [0.25, 0.3) is 0 Å². The van der Waals surface area contributed by atoms with Crippen LogP contribution in [0.15, 0.2) is 128 Å². The van der Waals surface area contributed by atoms with Gasteiger partial charge in [-0.3, -0.25) is 4.57 Å². The van der Waals surface area contributed by atoms with Crippen molar-refractivity contribution in [3.05, 3.63) is 133 Å². The van der Waals surface area contributed by atoms with Crippen LogP contribution in [0.4, 0.5) is 0 Å². The van der Waals surface area contributed by atoms with Gasteiger partial charge in [0, 0.05) is 39.2 Å². The molecule has 0 unspecified atom stereocenters. The number of hydrogen-bond acceptors (Lipinski definition) is 3. The molecule has 3 aromatic heterocycles. The third-order valence-electron chi connectivity index (χ3n) is 11.5. The van der Waals surface area contributed by atoms with E-state index >= 15 is 0 Å². The Bertz CT molecular complexity index is 2640. The number of pyridine rings is 1. The van der Waals surface area contributed by atoms with Gasteiger partial charge >= 0.3 is 0 Å². The molecule has 10 rings (SSSR count). The highest BCUT2D eigenvalue weighted by molar-refractivity contribution is 6.09. The summed E-state index contributed by atoms with van der Waals surface area (Å²) in [6.07, 6.45) is 1.87. The molecule has 0 radical (unpaired) electrons. The number of imidazole rings is 1. The van der Waals surface area contributed by atoms with Crippen molar-refractivity contribution >= 4 is 21.9 Å². The Morgan fingerprint density at radius 2 is 1.29 bits per heavy atom. The van der Waals surface area contributed by atoms with Crippen LogP contribution in [0.2, 0.25) is 0 Å². The first-order valence-corrected chi connectivity index (χ1v) is 16.9. The molecule has 0 saturated heterocycles. The largest absolute Gasteiger partial charge is 0.507 e. The summed E-state index contributed by atoms with van der Waals surface area (Å²) in [5.41, 5.74) is 13.4. The molecule has 0 spiro atoms. The number of aromatic nitrogens is 4. The lowest BCUT2D eigenvalue weighted by Crippen LogP contribution is -2.48. The maximum Gasteiger partial charge on any atom is 0.145 e. The minimum absolute atomic E-state index is 0.220. The monoisotopic (exact) mass is 634 g/mol. The van der Waals surface area contributed by atoms with E-state index in [1.165, 1.54) is 33.2 Å². The van der Waals surface area contributed by atoms with E-state index in [1.54, 1.807) is 6.07 Å². The Hall–Kier alpha value is -5.94. The number of phenols is 1. The second kappa shape index (κ2) is 9.57. The van der Waals surface area contributed by atoms with Crippen LogP contribution in [0, 0.1) is 0 Å². The fraction of sp³-hybridized carbons (Fsp3) is 0.136. The SMILES string of the molecule is CC1(C)c2cccc3c2-c2c(nc(-c4ccccc4O)n2C1(C)C)-c1cc(-n2c4ccccc4c4cccnc42)ccc1-c1ccccc1-3. The van der Waals surface area contributed by atoms with Crippen LogP contribution in [-0.4, -0.2) is 24.2 Å². The fourth-order valence-corrected chi connectivity index (χ4v) is 8.50. The van der Waals surface area contributed by atoms with Gasteiger partial charge in [-0.2, -0.15) is 0 Å². The molecule has 236 valence electrons. The average molecular weight is 635 g/mol. The van der Waals surface area contributed by atoms with Crippen molar-refractivity contribution < 1.29 is 5.11 Å². The van der Waals surface area contributed by atoms with Crippen LogP contribution >= 0.6 is 0 Å². The van der Waals surface area contributed by atoms with Crippen molar-refractivity contribution in [2.24, 2.45) is 0 Å². The molecular formula is C44H34N4O. The van der Waals surface area contributed by atoms with Gasteiger partial charge in [-0.1, -0.05) is 92.7 Å². The normalized spacial score (nSPS) is 14.9. The second-order valence-electron chi connectivity index (χ2n) is 14.4. The average Bonchev–Trinajstić information content (AvgIpc) is 3.67. The molecular weight excluding hydrogens is 601 g/mol. The number of nitrogens with zero attached hydrogens (tertiary/aromatic N) is 4. The number of fused-ring (bicyclic) bond motifs is 8. The first-order chi connectivity index (χ1) is 23.8. The maximum atomic E-state index is 11.3. The number of aromatic hydroxyl groups is 1. The molecule has 1 aliphatic carbocycles. The summed E-state index contributed by atoms with van der Waals surface area (Å²) in [7, 11) is 0. The fourth-order valence-electron chi connectivity index (χ4n) is 8.50. The smallest absolute Gasteiger partial charge is 0.145 e. The highest BCUT2D eigenvalue weighted by Gasteiger charge is 2.50. The third kappa shape index (κ3) is 3.54. The molecule has 0 fully saturated rings. The number of benzene rings is 5. The first kappa shape index (κ1) is 28.1. The van der Waals surface area contributed by atoms with Gasteiger partial charge in [0.2, 0.25) is 0 Å². The van der Waals surface area contributed by atoms with E-state index in [2.05, 4.69) is 128 Å². The molecule has 0 atom stereocenters. The Morgan fingerprint density at radius 1 is 0.612 bits per heavy atom.